The Bertz CT molecular complexity index is 275. The number of nitriles is 1. The second kappa shape index (κ2) is 2.09. The van der Waals surface area contributed by atoms with Crippen LogP contribution in [0.4, 0.5) is 0 Å². The molecule has 4 heteroatoms. The van der Waals surface area contributed by atoms with E-state index in [0.29, 0.717) is 5.56 Å². The van der Waals surface area contributed by atoms with Gasteiger partial charge in [0.2, 0.25) is 0 Å². The SMILES string of the molecule is N#Cc1cnc(=O)[nH]c1. The van der Waals surface area contributed by atoms with Gasteiger partial charge in [-0.25, -0.2) is 9.78 Å². The van der Waals surface area contributed by atoms with Crippen LogP contribution in [0.5, 0.6) is 0 Å². The van der Waals surface area contributed by atoms with E-state index >= 15 is 0 Å². The Morgan fingerprint density at radius 1 is 1.78 bits per heavy atom. The molecule has 0 amide bonds. The number of H-pyrrole nitrogens is 1. The number of aromatic amines is 1. The van der Waals surface area contributed by atoms with E-state index in [0.717, 1.165) is 0 Å². The predicted octanol–water partition coefficient (Wildman–Crippen LogP) is -0.358. The third-order valence-electron chi connectivity index (χ3n) is 0.801. The summed E-state index contributed by atoms with van der Waals surface area (Å²) in [7, 11) is 0. The molecule has 0 aliphatic carbocycles. The van der Waals surface area contributed by atoms with Gasteiger partial charge >= 0.3 is 5.69 Å². The van der Waals surface area contributed by atoms with Crippen molar-refractivity contribution in [2.24, 2.45) is 0 Å². The molecular formula is C5H3N3O. The molecule has 9 heavy (non-hydrogen) atoms. The van der Waals surface area contributed by atoms with E-state index in [-0.39, 0.29) is 0 Å². The van der Waals surface area contributed by atoms with Crippen LogP contribution in [-0.4, -0.2) is 9.97 Å². The smallest absolute Gasteiger partial charge is 0.311 e. The second-order valence-corrected chi connectivity index (χ2v) is 1.42. The van der Waals surface area contributed by atoms with Crippen LogP contribution in [0.2, 0.25) is 0 Å². The van der Waals surface area contributed by atoms with Gasteiger partial charge in [0.1, 0.15) is 6.07 Å². The Kier molecular flexibility index (Phi) is 1.28. The summed E-state index contributed by atoms with van der Waals surface area (Å²) < 4.78 is 0. The summed E-state index contributed by atoms with van der Waals surface area (Å²) in [5.41, 5.74) is -0.0800. The van der Waals surface area contributed by atoms with E-state index in [4.69, 9.17) is 5.26 Å². The van der Waals surface area contributed by atoms with Crippen molar-refractivity contribution in [1.29, 1.82) is 5.26 Å². The molecule has 0 saturated carbocycles. The van der Waals surface area contributed by atoms with Crippen molar-refractivity contribution in [1.82, 2.24) is 9.97 Å². The molecule has 1 heterocycles. The zero-order valence-electron chi connectivity index (χ0n) is 4.46. The summed E-state index contributed by atoms with van der Waals surface area (Å²) in [6.45, 7) is 0. The van der Waals surface area contributed by atoms with Crippen molar-refractivity contribution in [2.45, 2.75) is 0 Å². The maximum atomic E-state index is 10.3. The van der Waals surface area contributed by atoms with E-state index in [2.05, 4.69) is 9.97 Å². The van der Waals surface area contributed by atoms with Crippen molar-refractivity contribution in [3.8, 4) is 6.07 Å². The van der Waals surface area contributed by atoms with Crippen LogP contribution in [0.1, 0.15) is 5.56 Å². The van der Waals surface area contributed by atoms with Crippen molar-refractivity contribution >= 4 is 0 Å². The van der Waals surface area contributed by atoms with Crippen LogP contribution >= 0.6 is 0 Å². The minimum Gasteiger partial charge on any atom is -0.311 e. The van der Waals surface area contributed by atoms with E-state index in [1.807, 2.05) is 6.07 Å². The fourth-order valence-corrected chi connectivity index (χ4v) is 0.403. The second-order valence-electron chi connectivity index (χ2n) is 1.42. The highest BCUT2D eigenvalue weighted by atomic mass is 16.1. The largest absolute Gasteiger partial charge is 0.344 e. The lowest BCUT2D eigenvalue weighted by Gasteiger charge is -1.80. The van der Waals surface area contributed by atoms with Crippen LogP contribution < -0.4 is 5.69 Å². The van der Waals surface area contributed by atoms with Crippen LogP contribution in [0.15, 0.2) is 17.2 Å². The molecule has 0 aromatic carbocycles. The lowest BCUT2D eigenvalue weighted by Crippen LogP contribution is -2.07. The molecule has 0 unspecified atom stereocenters. The fourth-order valence-electron chi connectivity index (χ4n) is 0.403. The summed E-state index contributed by atoms with van der Waals surface area (Å²) in [6, 6.07) is 1.82. The molecule has 4 nitrogen and oxygen atoms in total. The normalized spacial score (nSPS) is 8.33. The number of aromatic nitrogens is 2. The number of rotatable bonds is 0. The molecule has 0 atom stereocenters. The predicted molar refractivity (Wildman–Crippen MR) is 29.6 cm³/mol. The van der Waals surface area contributed by atoms with Crippen molar-refractivity contribution < 1.29 is 0 Å². The first kappa shape index (κ1) is 5.51. The third kappa shape index (κ3) is 1.13. The Balaban J connectivity index is 3.21. The molecule has 0 fully saturated rings. The topological polar surface area (TPSA) is 69.5 Å². The quantitative estimate of drug-likeness (QED) is 0.509. The Morgan fingerprint density at radius 3 is 3.00 bits per heavy atom. The monoisotopic (exact) mass is 121 g/mol. The minimum absolute atomic E-state index is 0.356. The molecule has 0 spiro atoms. The maximum absolute atomic E-state index is 10.3. The summed E-state index contributed by atoms with van der Waals surface area (Å²) in [4.78, 5) is 15.8. The van der Waals surface area contributed by atoms with Gasteiger partial charge in [-0.05, 0) is 0 Å². The van der Waals surface area contributed by atoms with E-state index in [1.54, 1.807) is 0 Å². The lowest BCUT2D eigenvalue weighted by atomic mass is 10.4. The maximum Gasteiger partial charge on any atom is 0.344 e. The van der Waals surface area contributed by atoms with E-state index in [9.17, 15) is 4.79 Å². The van der Waals surface area contributed by atoms with Crippen molar-refractivity contribution in [3.05, 3.63) is 28.4 Å². The first-order chi connectivity index (χ1) is 4.33. The van der Waals surface area contributed by atoms with Crippen molar-refractivity contribution in [2.75, 3.05) is 0 Å². The molecular weight excluding hydrogens is 118 g/mol. The van der Waals surface area contributed by atoms with Crippen molar-refractivity contribution in [3.63, 3.8) is 0 Å². The Labute approximate surface area is 50.8 Å². The molecule has 0 saturated heterocycles. The van der Waals surface area contributed by atoms with Gasteiger partial charge < -0.3 is 4.98 Å². The van der Waals surface area contributed by atoms with Gasteiger partial charge in [0.25, 0.3) is 0 Å². The van der Waals surface area contributed by atoms with Crippen LogP contribution in [0.3, 0.4) is 0 Å². The standard InChI is InChI=1S/C5H3N3O/c6-1-4-2-7-5(9)8-3-4/h2-3H,(H,7,8,9). The summed E-state index contributed by atoms with van der Waals surface area (Å²) in [5.74, 6) is 0. The molecule has 1 aromatic heterocycles. The fraction of sp³-hybridized carbons (Fsp3) is 0. The van der Waals surface area contributed by atoms with Gasteiger partial charge in [-0.15, -0.1) is 0 Å². The van der Waals surface area contributed by atoms with Gasteiger partial charge in [-0.2, -0.15) is 5.26 Å². The van der Waals surface area contributed by atoms with Gasteiger partial charge in [-0.3, -0.25) is 0 Å². The van der Waals surface area contributed by atoms with Crippen LogP contribution in [0.25, 0.3) is 0 Å². The molecule has 0 bridgehead atoms. The van der Waals surface area contributed by atoms with Crippen LogP contribution in [-0.2, 0) is 0 Å². The average molecular weight is 121 g/mol. The molecule has 1 aromatic rings. The highest BCUT2D eigenvalue weighted by molar-refractivity contribution is 5.20. The third-order valence-corrected chi connectivity index (χ3v) is 0.801. The minimum atomic E-state index is -0.436. The first-order valence-corrected chi connectivity index (χ1v) is 2.28. The lowest BCUT2D eigenvalue weighted by molar-refractivity contribution is 1.06. The first-order valence-electron chi connectivity index (χ1n) is 2.28. The number of hydrogen-bond acceptors (Lipinski definition) is 3. The highest BCUT2D eigenvalue weighted by Gasteiger charge is 1.85. The van der Waals surface area contributed by atoms with Gasteiger partial charge in [0.05, 0.1) is 11.8 Å². The van der Waals surface area contributed by atoms with E-state index < -0.39 is 5.69 Å². The Morgan fingerprint density at radius 2 is 2.56 bits per heavy atom. The Hall–Kier alpha value is -1.63. The number of hydrogen-bond donors (Lipinski definition) is 1. The number of nitrogens with zero attached hydrogens (tertiary/aromatic N) is 2. The molecule has 0 radical (unpaired) electrons. The highest BCUT2D eigenvalue weighted by Crippen LogP contribution is 1.83. The van der Waals surface area contributed by atoms with Gasteiger partial charge in [0, 0.05) is 6.20 Å². The summed E-state index contributed by atoms with van der Waals surface area (Å²) in [6.07, 6.45) is 2.54. The molecule has 0 aliphatic heterocycles. The molecule has 1 N–H and O–H groups in total. The average Bonchev–Trinajstić information content (AvgIpc) is 1.90. The number of nitrogens with one attached hydrogen (secondary N) is 1. The van der Waals surface area contributed by atoms with Gasteiger partial charge in [-0.1, -0.05) is 0 Å². The summed E-state index contributed by atoms with van der Waals surface area (Å²) in [5, 5.41) is 8.22. The summed E-state index contributed by atoms with van der Waals surface area (Å²) >= 11 is 0. The van der Waals surface area contributed by atoms with Crippen LogP contribution in [0, 0.1) is 11.3 Å². The molecule has 1 rings (SSSR count). The van der Waals surface area contributed by atoms with E-state index in [1.165, 1.54) is 12.4 Å². The molecule has 44 valence electrons. The zero-order valence-corrected chi connectivity index (χ0v) is 4.46. The zero-order chi connectivity index (χ0) is 6.69. The van der Waals surface area contributed by atoms with Gasteiger partial charge in [0.15, 0.2) is 0 Å². The molecule has 0 aliphatic rings.